The van der Waals surface area contributed by atoms with Crippen molar-refractivity contribution in [3.63, 3.8) is 0 Å². The molecule has 0 aliphatic heterocycles. The smallest absolute Gasteiger partial charge is 0.252 e. The maximum atomic E-state index is 12.9. The predicted octanol–water partition coefficient (Wildman–Crippen LogP) is 2.23. The molecule has 0 saturated carbocycles. The summed E-state index contributed by atoms with van der Waals surface area (Å²) in [6.07, 6.45) is 0. The standard InChI is InChI=1S/C13H16BrFN2O2/c1-13(2,3)17-11(18)7-16-12(19)9-5-4-8(15)6-10(9)14/h4-6H,7H2,1-3H3,(H,16,19)(H,17,18). The quantitative estimate of drug-likeness (QED) is 0.892. The highest BCUT2D eigenvalue weighted by Gasteiger charge is 2.15. The van der Waals surface area contributed by atoms with Crippen molar-refractivity contribution in [2.24, 2.45) is 0 Å². The molecule has 0 aliphatic carbocycles. The molecular weight excluding hydrogens is 315 g/mol. The van der Waals surface area contributed by atoms with Gasteiger partial charge in [0.05, 0.1) is 12.1 Å². The highest BCUT2D eigenvalue weighted by atomic mass is 79.9. The van der Waals surface area contributed by atoms with E-state index < -0.39 is 11.7 Å². The molecule has 4 nitrogen and oxygen atoms in total. The van der Waals surface area contributed by atoms with Gasteiger partial charge in [0.15, 0.2) is 0 Å². The van der Waals surface area contributed by atoms with E-state index in [0.29, 0.717) is 4.47 Å². The van der Waals surface area contributed by atoms with Gasteiger partial charge in [-0.25, -0.2) is 4.39 Å². The second-order valence-electron chi connectivity index (χ2n) is 5.11. The molecule has 0 bridgehead atoms. The Hall–Kier alpha value is -1.43. The van der Waals surface area contributed by atoms with E-state index in [2.05, 4.69) is 26.6 Å². The van der Waals surface area contributed by atoms with Crippen LogP contribution in [0.5, 0.6) is 0 Å². The minimum atomic E-state index is -0.436. The van der Waals surface area contributed by atoms with E-state index in [1.54, 1.807) is 0 Å². The first-order chi connectivity index (χ1) is 8.69. The minimum absolute atomic E-state index is 0.125. The molecule has 0 fully saturated rings. The van der Waals surface area contributed by atoms with Gasteiger partial charge in [0.25, 0.3) is 5.91 Å². The van der Waals surface area contributed by atoms with Gasteiger partial charge in [-0.1, -0.05) is 0 Å². The second-order valence-corrected chi connectivity index (χ2v) is 5.96. The first kappa shape index (κ1) is 15.6. The molecule has 104 valence electrons. The summed E-state index contributed by atoms with van der Waals surface area (Å²) in [7, 11) is 0. The molecule has 2 N–H and O–H groups in total. The van der Waals surface area contributed by atoms with Crippen molar-refractivity contribution >= 4 is 27.7 Å². The fourth-order valence-electron chi connectivity index (χ4n) is 1.39. The number of carbonyl (C=O) groups is 2. The molecule has 1 aromatic rings. The molecule has 0 spiro atoms. The Kier molecular flexibility index (Phi) is 5.05. The Bertz CT molecular complexity index is 498. The van der Waals surface area contributed by atoms with Gasteiger partial charge >= 0.3 is 0 Å². The van der Waals surface area contributed by atoms with E-state index in [1.165, 1.54) is 18.2 Å². The normalized spacial score (nSPS) is 11.0. The van der Waals surface area contributed by atoms with Gasteiger partial charge in [0.2, 0.25) is 5.91 Å². The van der Waals surface area contributed by atoms with E-state index >= 15 is 0 Å². The monoisotopic (exact) mass is 330 g/mol. The molecule has 19 heavy (non-hydrogen) atoms. The summed E-state index contributed by atoms with van der Waals surface area (Å²) in [5, 5.41) is 5.20. The van der Waals surface area contributed by atoms with Crippen LogP contribution in [0.2, 0.25) is 0 Å². The fourth-order valence-corrected chi connectivity index (χ4v) is 1.92. The van der Waals surface area contributed by atoms with E-state index in [0.717, 1.165) is 0 Å². The van der Waals surface area contributed by atoms with Gasteiger partial charge in [-0.05, 0) is 54.9 Å². The van der Waals surface area contributed by atoms with Gasteiger partial charge in [0, 0.05) is 10.0 Å². The topological polar surface area (TPSA) is 58.2 Å². The number of nitrogens with one attached hydrogen (secondary N) is 2. The van der Waals surface area contributed by atoms with Crippen LogP contribution in [0, 0.1) is 5.82 Å². The van der Waals surface area contributed by atoms with Crippen molar-refractivity contribution in [3.8, 4) is 0 Å². The predicted molar refractivity (Wildman–Crippen MR) is 74.3 cm³/mol. The number of carbonyl (C=O) groups excluding carboxylic acids is 2. The van der Waals surface area contributed by atoms with Crippen LogP contribution in [-0.2, 0) is 4.79 Å². The molecule has 1 rings (SSSR count). The summed E-state index contributed by atoms with van der Waals surface area (Å²) < 4.78 is 13.2. The van der Waals surface area contributed by atoms with E-state index in [4.69, 9.17) is 0 Å². The molecule has 0 radical (unpaired) electrons. The van der Waals surface area contributed by atoms with Crippen LogP contribution in [-0.4, -0.2) is 23.9 Å². The maximum absolute atomic E-state index is 12.9. The van der Waals surface area contributed by atoms with Crippen LogP contribution in [0.15, 0.2) is 22.7 Å². The van der Waals surface area contributed by atoms with E-state index in [9.17, 15) is 14.0 Å². The summed E-state index contributed by atoms with van der Waals surface area (Å²) in [5.74, 6) is -1.15. The Labute approximate surface area is 119 Å². The lowest BCUT2D eigenvalue weighted by Crippen LogP contribution is -2.45. The summed E-state index contributed by atoms with van der Waals surface area (Å²) in [6.45, 7) is 5.43. The zero-order valence-corrected chi connectivity index (χ0v) is 12.6. The zero-order valence-electron chi connectivity index (χ0n) is 11.0. The second kappa shape index (κ2) is 6.14. The van der Waals surface area contributed by atoms with Crippen LogP contribution in [0.1, 0.15) is 31.1 Å². The lowest BCUT2D eigenvalue weighted by Gasteiger charge is -2.20. The summed E-state index contributed by atoms with van der Waals surface area (Å²) in [5.41, 5.74) is -0.0666. The molecular formula is C13H16BrFN2O2. The third-order valence-electron chi connectivity index (χ3n) is 2.10. The van der Waals surface area contributed by atoms with Gasteiger partial charge in [-0.3, -0.25) is 9.59 Å². The van der Waals surface area contributed by atoms with Crippen molar-refractivity contribution in [1.82, 2.24) is 10.6 Å². The lowest BCUT2D eigenvalue weighted by atomic mass is 10.1. The van der Waals surface area contributed by atoms with Crippen LogP contribution in [0.25, 0.3) is 0 Å². The number of hydrogen-bond acceptors (Lipinski definition) is 2. The number of benzene rings is 1. The first-order valence-corrected chi connectivity index (χ1v) is 6.52. The third kappa shape index (κ3) is 5.38. The summed E-state index contributed by atoms with van der Waals surface area (Å²) in [6, 6.07) is 3.75. The van der Waals surface area contributed by atoms with Crippen LogP contribution < -0.4 is 10.6 Å². The molecule has 0 heterocycles. The van der Waals surface area contributed by atoms with Crippen molar-refractivity contribution in [2.45, 2.75) is 26.3 Å². The minimum Gasteiger partial charge on any atom is -0.350 e. The summed E-state index contributed by atoms with van der Waals surface area (Å²) in [4.78, 5) is 23.3. The van der Waals surface area contributed by atoms with Crippen LogP contribution >= 0.6 is 15.9 Å². The fraction of sp³-hybridized carbons (Fsp3) is 0.385. The average molecular weight is 331 g/mol. The lowest BCUT2D eigenvalue weighted by molar-refractivity contribution is -0.121. The van der Waals surface area contributed by atoms with Crippen LogP contribution in [0.3, 0.4) is 0 Å². The Morgan fingerprint density at radius 3 is 2.47 bits per heavy atom. The highest BCUT2D eigenvalue weighted by molar-refractivity contribution is 9.10. The molecule has 0 atom stereocenters. The SMILES string of the molecule is CC(C)(C)NC(=O)CNC(=O)c1ccc(F)cc1Br. The van der Waals surface area contributed by atoms with Crippen molar-refractivity contribution in [2.75, 3.05) is 6.54 Å². The van der Waals surface area contributed by atoms with Crippen molar-refractivity contribution in [3.05, 3.63) is 34.1 Å². The molecule has 0 aromatic heterocycles. The highest BCUT2D eigenvalue weighted by Crippen LogP contribution is 2.17. The van der Waals surface area contributed by atoms with Gasteiger partial charge in [-0.15, -0.1) is 0 Å². The molecule has 0 aliphatic rings. The largest absolute Gasteiger partial charge is 0.350 e. The van der Waals surface area contributed by atoms with Gasteiger partial charge < -0.3 is 10.6 Å². The third-order valence-corrected chi connectivity index (χ3v) is 2.76. The number of halogens is 2. The molecule has 0 unspecified atom stereocenters. The molecule has 6 heteroatoms. The molecule has 2 amide bonds. The number of rotatable bonds is 3. The van der Waals surface area contributed by atoms with Crippen molar-refractivity contribution in [1.29, 1.82) is 0 Å². The van der Waals surface area contributed by atoms with E-state index in [-0.39, 0.29) is 23.6 Å². The van der Waals surface area contributed by atoms with Crippen LogP contribution in [0.4, 0.5) is 4.39 Å². The molecule has 1 aromatic carbocycles. The number of hydrogen-bond donors (Lipinski definition) is 2. The Morgan fingerprint density at radius 2 is 1.95 bits per heavy atom. The Morgan fingerprint density at radius 1 is 1.32 bits per heavy atom. The summed E-state index contributed by atoms with van der Waals surface area (Å²) >= 11 is 3.10. The van der Waals surface area contributed by atoms with E-state index in [1.807, 2.05) is 20.8 Å². The first-order valence-electron chi connectivity index (χ1n) is 5.73. The number of amides is 2. The van der Waals surface area contributed by atoms with Gasteiger partial charge in [0.1, 0.15) is 5.82 Å². The zero-order chi connectivity index (χ0) is 14.6. The molecule has 0 saturated heterocycles. The average Bonchev–Trinajstić information content (AvgIpc) is 2.23. The van der Waals surface area contributed by atoms with Crippen molar-refractivity contribution < 1.29 is 14.0 Å². The Balaban J connectivity index is 2.59. The maximum Gasteiger partial charge on any atom is 0.252 e. The van der Waals surface area contributed by atoms with Gasteiger partial charge in [-0.2, -0.15) is 0 Å².